The number of hydrogen-bond acceptors (Lipinski definition) is 3. The van der Waals surface area contributed by atoms with E-state index in [1.165, 1.54) is 0 Å². The second kappa shape index (κ2) is 2.80. The van der Waals surface area contributed by atoms with Crippen LogP contribution in [0.15, 0.2) is 29.2 Å². The molecule has 2 heterocycles. The summed E-state index contributed by atoms with van der Waals surface area (Å²) in [4.78, 5) is 7.97. The quantitative estimate of drug-likeness (QED) is 0.639. The number of nitrogens with zero attached hydrogens (tertiary/aromatic N) is 2. The van der Waals surface area contributed by atoms with Crippen LogP contribution in [0, 0.1) is 6.20 Å². The van der Waals surface area contributed by atoms with Crippen molar-refractivity contribution >= 4 is 11.3 Å². The highest BCUT2D eigenvalue weighted by molar-refractivity contribution is 7.08. The second-order valence-electron chi connectivity index (χ2n) is 2.03. The molecule has 11 heavy (non-hydrogen) atoms. The van der Waals surface area contributed by atoms with Crippen molar-refractivity contribution in [2.75, 3.05) is 0 Å². The van der Waals surface area contributed by atoms with Crippen molar-refractivity contribution in [1.82, 2.24) is 9.97 Å². The van der Waals surface area contributed by atoms with Crippen LogP contribution in [0.2, 0.25) is 0 Å². The first-order valence-electron chi connectivity index (χ1n) is 3.18. The fourth-order valence-corrected chi connectivity index (χ4v) is 1.45. The van der Waals surface area contributed by atoms with Crippen LogP contribution in [-0.2, 0) is 0 Å². The van der Waals surface area contributed by atoms with Crippen LogP contribution < -0.4 is 0 Å². The third-order valence-corrected chi connectivity index (χ3v) is 1.99. The minimum absolute atomic E-state index is 0.814. The summed E-state index contributed by atoms with van der Waals surface area (Å²) in [5.41, 5.74) is 1.90. The smallest absolute Gasteiger partial charge is 0.117 e. The van der Waals surface area contributed by atoms with E-state index in [1.807, 2.05) is 16.8 Å². The molecule has 2 rings (SSSR count). The maximum Gasteiger partial charge on any atom is 0.117 e. The van der Waals surface area contributed by atoms with Gasteiger partial charge in [0.2, 0.25) is 0 Å². The van der Waals surface area contributed by atoms with Crippen molar-refractivity contribution < 1.29 is 0 Å². The number of rotatable bonds is 1. The van der Waals surface area contributed by atoms with Gasteiger partial charge in [-0.1, -0.05) is 0 Å². The molecule has 0 aliphatic heterocycles. The maximum absolute atomic E-state index is 4.11. The molecule has 0 N–H and O–H groups in total. The molecule has 0 saturated carbocycles. The van der Waals surface area contributed by atoms with Crippen LogP contribution >= 0.6 is 11.3 Å². The molecule has 0 bridgehead atoms. The zero-order valence-corrected chi connectivity index (χ0v) is 6.51. The van der Waals surface area contributed by atoms with Crippen LogP contribution in [0.3, 0.4) is 0 Å². The van der Waals surface area contributed by atoms with Crippen LogP contribution in [0.1, 0.15) is 0 Å². The molecular weight excluding hydrogens is 156 g/mol. The van der Waals surface area contributed by atoms with E-state index in [0.717, 1.165) is 11.3 Å². The Morgan fingerprint density at radius 3 is 3.00 bits per heavy atom. The summed E-state index contributed by atoms with van der Waals surface area (Å²) in [5.74, 6) is 0. The van der Waals surface area contributed by atoms with E-state index in [9.17, 15) is 0 Å². The van der Waals surface area contributed by atoms with Gasteiger partial charge in [0.05, 0.1) is 5.69 Å². The molecule has 3 heteroatoms. The third-order valence-electron chi connectivity index (χ3n) is 1.31. The largest absolute Gasteiger partial charge is 0.252 e. The van der Waals surface area contributed by atoms with Crippen molar-refractivity contribution in [3.05, 3.63) is 35.4 Å². The Kier molecular flexibility index (Phi) is 1.65. The molecule has 0 amide bonds. The van der Waals surface area contributed by atoms with Gasteiger partial charge in [-0.05, 0) is 11.4 Å². The van der Waals surface area contributed by atoms with E-state index in [2.05, 4.69) is 16.2 Å². The van der Waals surface area contributed by atoms with E-state index in [0.29, 0.717) is 0 Å². The van der Waals surface area contributed by atoms with Crippen molar-refractivity contribution in [3.8, 4) is 11.3 Å². The first-order valence-corrected chi connectivity index (χ1v) is 4.12. The van der Waals surface area contributed by atoms with Crippen molar-refractivity contribution in [2.45, 2.75) is 0 Å². The van der Waals surface area contributed by atoms with Gasteiger partial charge in [-0.15, -0.1) is 0 Å². The fraction of sp³-hybridized carbons (Fsp3) is 0. The van der Waals surface area contributed by atoms with Gasteiger partial charge in [0, 0.05) is 23.3 Å². The van der Waals surface area contributed by atoms with Gasteiger partial charge in [0.15, 0.2) is 0 Å². The molecule has 0 unspecified atom stereocenters. The minimum Gasteiger partial charge on any atom is -0.252 e. The van der Waals surface area contributed by atoms with E-state index < -0.39 is 0 Å². The molecule has 2 nitrogen and oxygen atoms in total. The Labute approximate surface area is 68.6 Å². The molecule has 0 aliphatic rings. The van der Waals surface area contributed by atoms with Gasteiger partial charge >= 0.3 is 0 Å². The standard InChI is InChI=1S/C8H5N2S/c1-4-11-6-7(1)8-5-9-2-3-10-8/h1-4,6H. The van der Waals surface area contributed by atoms with E-state index >= 15 is 0 Å². The van der Waals surface area contributed by atoms with Crippen LogP contribution in [0.5, 0.6) is 0 Å². The topological polar surface area (TPSA) is 25.8 Å². The zero-order chi connectivity index (χ0) is 7.52. The molecule has 1 radical (unpaired) electrons. The predicted molar refractivity (Wildman–Crippen MR) is 44.2 cm³/mol. The summed E-state index contributed by atoms with van der Waals surface area (Å²) in [5, 5.41) is 4.04. The summed E-state index contributed by atoms with van der Waals surface area (Å²) >= 11 is 1.65. The van der Waals surface area contributed by atoms with E-state index in [-0.39, 0.29) is 0 Å². The Morgan fingerprint density at radius 1 is 1.36 bits per heavy atom. The normalized spacial score (nSPS) is 9.82. The molecule has 0 fully saturated rings. The van der Waals surface area contributed by atoms with Gasteiger partial charge in [0.25, 0.3) is 0 Å². The van der Waals surface area contributed by atoms with Gasteiger partial charge in [0.1, 0.15) is 6.20 Å². The number of thiophene rings is 1. The molecule has 0 spiro atoms. The first-order chi connectivity index (χ1) is 5.47. The molecular formula is C8H5N2S. The van der Waals surface area contributed by atoms with E-state index in [1.54, 1.807) is 23.7 Å². The molecule has 0 atom stereocenters. The lowest BCUT2D eigenvalue weighted by Gasteiger charge is -1.90. The highest BCUT2D eigenvalue weighted by atomic mass is 32.1. The molecule has 0 aromatic carbocycles. The van der Waals surface area contributed by atoms with Crippen molar-refractivity contribution in [3.63, 3.8) is 0 Å². The van der Waals surface area contributed by atoms with Crippen LogP contribution in [-0.4, -0.2) is 9.97 Å². The lowest BCUT2D eigenvalue weighted by molar-refractivity contribution is 1.20. The van der Waals surface area contributed by atoms with E-state index in [4.69, 9.17) is 0 Å². The Morgan fingerprint density at radius 2 is 2.36 bits per heavy atom. The zero-order valence-electron chi connectivity index (χ0n) is 5.69. The van der Waals surface area contributed by atoms with Crippen LogP contribution in [0.25, 0.3) is 11.3 Å². The lowest BCUT2D eigenvalue weighted by Crippen LogP contribution is -1.80. The minimum atomic E-state index is 0.814. The fourth-order valence-electron chi connectivity index (χ4n) is 0.807. The highest BCUT2D eigenvalue weighted by Crippen LogP contribution is 2.17. The van der Waals surface area contributed by atoms with Gasteiger partial charge in [-0.25, -0.2) is 0 Å². The first kappa shape index (κ1) is 6.49. The average molecular weight is 161 g/mol. The monoisotopic (exact) mass is 161 g/mol. The second-order valence-corrected chi connectivity index (χ2v) is 2.81. The Balaban J connectivity index is 2.46. The summed E-state index contributed by atoms with van der Waals surface area (Å²) in [7, 11) is 0. The van der Waals surface area contributed by atoms with Crippen LogP contribution in [0.4, 0.5) is 0 Å². The summed E-state index contributed by atoms with van der Waals surface area (Å²) < 4.78 is 0. The average Bonchev–Trinajstić information content (AvgIpc) is 2.58. The van der Waals surface area contributed by atoms with Crippen molar-refractivity contribution in [2.24, 2.45) is 0 Å². The van der Waals surface area contributed by atoms with Crippen molar-refractivity contribution in [1.29, 1.82) is 0 Å². The van der Waals surface area contributed by atoms with Gasteiger partial charge in [-0.2, -0.15) is 11.3 Å². The molecule has 0 aliphatic carbocycles. The predicted octanol–water partition coefficient (Wildman–Crippen LogP) is 2.01. The summed E-state index contributed by atoms with van der Waals surface area (Å²) in [6, 6.07) is 2.01. The van der Waals surface area contributed by atoms with Gasteiger partial charge < -0.3 is 0 Å². The Hall–Kier alpha value is -1.22. The molecule has 53 valence electrons. The molecule has 2 aromatic rings. The number of aromatic nitrogens is 2. The molecule has 2 aromatic heterocycles. The highest BCUT2D eigenvalue weighted by Gasteiger charge is 1.97. The summed E-state index contributed by atoms with van der Waals surface area (Å²) in [6.45, 7) is 0. The maximum atomic E-state index is 4.11. The number of hydrogen-bond donors (Lipinski definition) is 0. The SMILES string of the molecule is [c]1nccnc1-c1ccsc1. The third kappa shape index (κ3) is 1.28. The summed E-state index contributed by atoms with van der Waals surface area (Å²) in [6.07, 6.45) is 6.11. The molecule has 0 saturated heterocycles. The lowest BCUT2D eigenvalue weighted by atomic mass is 10.3. The Bertz CT molecular complexity index is 315. The van der Waals surface area contributed by atoms with Gasteiger partial charge in [-0.3, -0.25) is 9.97 Å².